The number of aromatic nitrogens is 3. The fraction of sp³-hybridized carbons (Fsp3) is 0.280. The molecule has 0 radical (unpaired) electrons. The lowest BCUT2D eigenvalue weighted by molar-refractivity contribution is 0.155. The summed E-state index contributed by atoms with van der Waals surface area (Å²) in [7, 11) is 0. The van der Waals surface area contributed by atoms with E-state index in [1.807, 2.05) is 49.6 Å². The van der Waals surface area contributed by atoms with Crippen molar-refractivity contribution in [2.24, 2.45) is 0 Å². The first kappa shape index (κ1) is 19.4. The summed E-state index contributed by atoms with van der Waals surface area (Å²) in [4.78, 5) is 12.3. The van der Waals surface area contributed by atoms with E-state index >= 15 is 0 Å². The molecule has 2 aromatic heterocycles. The van der Waals surface area contributed by atoms with Crippen LogP contribution in [0.2, 0.25) is 0 Å². The van der Waals surface area contributed by atoms with Crippen LogP contribution in [0.25, 0.3) is 10.9 Å². The van der Waals surface area contributed by atoms with Gasteiger partial charge in [-0.2, -0.15) is 4.98 Å². The predicted octanol–water partition coefficient (Wildman–Crippen LogP) is 6.47. The first-order valence-electron chi connectivity index (χ1n) is 10.9. The van der Waals surface area contributed by atoms with Crippen LogP contribution in [-0.2, 0) is 0 Å². The minimum atomic E-state index is 0.354. The lowest BCUT2D eigenvalue weighted by atomic mass is 9.98. The molecule has 4 aromatic rings. The van der Waals surface area contributed by atoms with Gasteiger partial charge < -0.3 is 20.4 Å². The van der Waals surface area contributed by atoms with E-state index < -0.39 is 0 Å². The first-order chi connectivity index (χ1) is 15.2. The van der Waals surface area contributed by atoms with Crippen molar-refractivity contribution in [1.29, 1.82) is 0 Å². The van der Waals surface area contributed by atoms with Crippen molar-refractivity contribution >= 4 is 34.0 Å². The van der Waals surface area contributed by atoms with Crippen molar-refractivity contribution in [2.45, 2.75) is 45.1 Å². The number of aryl methyl sites for hydroxylation is 1. The Morgan fingerprint density at radius 3 is 2.58 bits per heavy atom. The number of benzene rings is 2. The number of ether oxygens (including phenoxy) is 1. The number of H-pyrrole nitrogens is 1. The molecule has 1 fully saturated rings. The Balaban J connectivity index is 1.27. The molecule has 0 aliphatic heterocycles. The van der Waals surface area contributed by atoms with Gasteiger partial charge in [-0.25, -0.2) is 4.98 Å². The fourth-order valence-electron chi connectivity index (χ4n) is 4.02. The van der Waals surface area contributed by atoms with Gasteiger partial charge in [-0.3, -0.25) is 0 Å². The Morgan fingerprint density at radius 2 is 1.74 bits per heavy atom. The third kappa shape index (κ3) is 4.63. The Labute approximate surface area is 182 Å². The zero-order valence-electron chi connectivity index (χ0n) is 17.7. The van der Waals surface area contributed by atoms with E-state index in [1.54, 1.807) is 0 Å². The van der Waals surface area contributed by atoms with Crippen LogP contribution in [0.5, 0.6) is 5.75 Å². The van der Waals surface area contributed by atoms with Gasteiger partial charge in [0.1, 0.15) is 11.6 Å². The molecule has 158 valence electrons. The average Bonchev–Trinajstić information content (AvgIpc) is 3.26. The van der Waals surface area contributed by atoms with Crippen LogP contribution >= 0.6 is 0 Å². The minimum absolute atomic E-state index is 0.354. The molecule has 5 rings (SSSR count). The summed E-state index contributed by atoms with van der Waals surface area (Å²) in [5, 5.41) is 7.86. The second kappa shape index (κ2) is 8.68. The highest BCUT2D eigenvalue weighted by Crippen LogP contribution is 2.26. The topological polar surface area (TPSA) is 74.9 Å². The van der Waals surface area contributed by atoms with Gasteiger partial charge in [0, 0.05) is 40.2 Å². The van der Waals surface area contributed by atoms with Crippen LogP contribution in [0, 0.1) is 6.92 Å². The summed E-state index contributed by atoms with van der Waals surface area (Å²) in [5.41, 5.74) is 4.02. The summed E-state index contributed by atoms with van der Waals surface area (Å²) in [6, 6.07) is 16.3. The maximum Gasteiger partial charge on any atom is 0.229 e. The summed E-state index contributed by atoms with van der Waals surface area (Å²) in [6.45, 7) is 2.00. The van der Waals surface area contributed by atoms with Crippen LogP contribution in [0.1, 0.15) is 37.7 Å². The summed E-state index contributed by atoms with van der Waals surface area (Å²) in [5.74, 6) is 2.26. The van der Waals surface area contributed by atoms with Crippen LogP contribution in [0.3, 0.4) is 0 Å². The molecule has 6 heteroatoms. The number of hydrogen-bond donors (Lipinski definition) is 3. The van der Waals surface area contributed by atoms with Crippen LogP contribution in [0.4, 0.5) is 23.1 Å². The van der Waals surface area contributed by atoms with Crippen molar-refractivity contribution in [3.63, 3.8) is 0 Å². The van der Waals surface area contributed by atoms with E-state index in [0.29, 0.717) is 12.1 Å². The zero-order chi connectivity index (χ0) is 21.0. The highest BCUT2D eigenvalue weighted by molar-refractivity contribution is 5.84. The number of rotatable bonds is 6. The highest BCUT2D eigenvalue weighted by Gasteiger charge is 2.14. The molecule has 0 unspecified atom stereocenters. The normalized spacial score (nSPS) is 14.5. The Morgan fingerprint density at radius 1 is 0.935 bits per heavy atom. The molecule has 2 aromatic carbocycles. The molecule has 1 saturated carbocycles. The van der Waals surface area contributed by atoms with Crippen molar-refractivity contribution in [3.05, 3.63) is 66.5 Å². The van der Waals surface area contributed by atoms with Gasteiger partial charge in [0.2, 0.25) is 5.95 Å². The molecule has 3 N–H and O–H groups in total. The highest BCUT2D eigenvalue weighted by atomic mass is 16.5. The van der Waals surface area contributed by atoms with Gasteiger partial charge in [0.05, 0.1) is 6.10 Å². The number of nitrogens with zero attached hydrogens (tertiary/aromatic N) is 2. The van der Waals surface area contributed by atoms with Gasteiger partial charge in [-0.1, -0.05) is 6.42 Å². The number of nitrogens with one attached hydrogen (secondary N) is 3. The molecular formula is C25H27N5O. The predicted molar refractivity (Wildman–Crippen MR) is 126 cm³/mol. The van der Waals surface area contributed by atoms with Crippen LogP contribution < -0.4 is 15.4 Å². The van der Waals surface area contributed by atoms with E-state index in [4.69, 9.17) is 4.74 Å². The largest absolute Gasteiger partial charge is 0.490 e. The molecule has 1 aliphatic carbocycles. The van der Waals surface area contributed by atoms with E-state index in [-0.39, 0.29) is 0 Å². The van der Waals surface area contributed by atoms with E-state index in [2.05, 4.69) is 43.8 Å². The Kier molecular flexibility index (Phi) is 5.44. The fourth-order valence-corrected chi connectivity index (χ4v) is 4.02. The van der Waals surface area contributed by atoms with Crippen LogP contribution in [0.15, 0.2) is 60.9 Å². The van der Waals surface area contributed by atoms with Crippen molar-refractivity contribution in [2.75, 3.05) is 10.6 Å². The molecule has 6 nitrogen and oxygen atoms in total. The number of anilines is 4. The van der Waals surface area contributed by atoms with Gasteiger partial charge in [-0.05, 0) is 81.1 Å². The van der Waals surface area contributed by atoms with Crippen molar-refractivity contribution < 1.29 is 4.74 Å². The Bertz CT molecular complexity index is 1160. The second-order valence-corrected chi connectivity index (χ2v) is 8.16. The van der Waals surface area contributed by atoms with Gasteiger partial charge in [0.15, 0.2) is 0 Å². The molecule has 0 spiro atoms. The number of hydrogen-bond acceptors (Lipinski definition) is 5. The molecule has 0 saturated heterocycles. The van der Waals surface area contributed by atoms with E-state index in [0.717, 1.165) is 52.3 Å². The second-order valence-electron chi connectivity index (χ2n) is 8.16. The van der Waals surface area contributed by atoms with E-state index in [1.165, 1.54) is 19.3 Å². The molecule has 0 bridgehead atoms. The Hall–Kier alpha value is -3.54. The molecule has 31 heavy (non-hydrogen) atoms. The maximum atomic E-state index is 6.12. The molecule has 0 amide bonds. The average molecular weight is 414 g/mol. The van der Waals surface area contributed by atoms with Gasteiger partial charge in [-0.15, -0.1) is 0 Å². The standard InChI is InChI=1S/C25H27N5O/c1-17-16-27-25(30-24(17)28-20-9-12-23-18(15-20)13-14-26-23)29-19-7-10-22(11-8-19)31-21-5-3-2-4-6-21/h7-16,21,26H,2-6H2,1H3,(H2,27,28,29,30). The smallest absolute Gasteiger partial charge is 0.229 e. The lowest BCUT2D eigenvalue weighted by Crippen LogP contribution is -2.19. The van der Waals surface area contributed by atoms with Crippen LogP contribution in [-0.4, -0.2) is 21.1 Å². The molecular weight excluding hydrogens is 386 g/mol. The van der Waals surface area contributed by atoms with Gasteiger partial charge >= 0.3 is 0 Å². The molecule has 1 aliphatic rings. The van der Waals surface area contributed by atoms with Crippen molar-refractivity contribution in [1.82, 2.24) is 15.0 Å². The lowest BCUT2D eigenvalue weighted by Gasteiger charge is -2.23. The molecule has 2 heterocycles. The van der Waals surface area contributed by atoms with Crippen molar-refractivity contribution in [3.8, 4) is 5.75 Å². The zero-order valence-corrected chi connectivity index (χ0v) is 17.7. The first-order valence-corrected chi connectivity index (χ1v) is 10.9. The molecule has 0 atom stereocenters. The third-order valence-electron chi connectivity index (χ3n) is 5.75. The number of fused-ring (bicyclic) bond motifs is 1. The van der Waals surface area contributed by atoms with E-state index in [9.17, 15) is 0 Å². The third-order valence-corrected chi connectivity index (χ3v) is 5.75. The number of aromatic amines is 1. The minimum Gasteiger partial charge on any atom is -0.490 e. The summed E-state index contributed by atoms with van der Waals surface area (Å²) in [6.07, 6.45) is 10.3. The maximum absolute atomic E-state index is 6.12. The van der Waals surface area contributed by atoms with Gasteiger partial charge in [0.25, 0.3) is 0 Å². The quantitative estimate of drug-likeness (QED) is 0.338. The summed E-state index contributed by atoms with van der Waals surface area (Å²) < 4.78 is 6.12. The monoisotopic (exact) mass is 413 g/mol. The summed E-state index contributed by atoms with van der Waals surface area (Å²) >= 11 is 0. The SMILES string of the molecule is Cc1cnc(Nc2ccc(OC3CCCCC3)cc2)nc1Nc1ccc2[nH]ccc2c1.